The van der Waals surface area contributed by atoms with Gasteiger partial charge in [-0.25, -0.2) is 4.79 Å². The number of amides is 2. The number of ketones is 1. The Bertz CT molecular complexity index is 821. The Labute approximate surface area is 150 Å². The van der Waals surface area contributed by atoms with Crippen molar-refractivity contribution in [2.75, 3.05) is 0 Å². The number of thiophene rings is 1. The van der Waals surface area contributed by atoms with Crippen LogP contribution in [-0.4, -0.2) is 28.8 Å². The average Bonchev–Trinajstić information content (AvgIpc) is 3.08. The first kappa shape index (κ1) is 18.4. The molecule has 1 aliphatic heterocycles. The first-order valence-electron chi connectivity index (χ1n) is 7.65. The van der Waals surface area contributed by atoms with Crippen molar-refractivity contribution >= 4 is 23.2 Å². The lowest BCUT2D eigenvalue weighted by Crippen LogP contribution is -2.72. The third kappa shape index (κ3) is 3.08. The highest BCUT2D eigenvalue weighted by molar-refractivity contribution is 7.12. The SMILES string of the molecule is Cc1ccc([C@@H]2NC(=O)N[C@](O)(C(F)(F)F)[C@@H]2C(=O)c2cccs2)cc1. The summed E-state index contributed by atoms with van der Waals surface area (Å²) in [6.45, 7) is 1.80. The summed E-state index contributed by atoms with van der Waals surface area (Å²) in [5, 5.41) is 15.8. The second kappa shape index (κ2) is 6.40. The molecule has 0 radical (unpaired) electrons. The van der Waals surface area contributed by atoms with Crippen LogP contribution in [0.3, 0.4) is 0 Å². The molecule has 1 fully saturated rings. The third-order valence-corrected chi connectivity index (χ3v) is 5.17. The zero-order valence-electron chi connectivity index (χ0n) is 13.5. The minimum Gasteiger partial charge on any atom is -0.363 e. The molecular weight excluding hydrogens is 369 g/mol. The van der Waals surface area contributed by atoms with Crippen LogP contribution in [0.25, 0.3) is 0 Å². The van der Waals surface area contributed by atoms with Crippen molar-refractivity contribution in [2.24, 2.45) is 5.92 Å². The summed E-state index contributed by atoms with van der Waals surface area (Å²) >= 11 is 0.968. The van der Waals surface area contributed by atoms with Gasteiger partial charge in [-0.1, -0.05) is 35.9 Å². The molecule has 5 nitrogen and oxygen atoms in total. The number of nitrogens with one attached hydrogen (secondary N) is 2. The molecule has 1 aromatic carbocycles. The second-order valence-corrected chi connectivity index (χ2v) is 7.02. The third-order valence-electron chi connectivity index (χ3n) is 4.29. The quantitative estimate of drug-likeness (QED) is 0.712. The number of carbonyl (C=O) groups excluding carboxylic acids is 2. The van der Waals surface area contributed by atoms with Crippen molar-refractivity contribution in [1.29, 1.82) is 0 Å². The highest BCUT2D eigenvalue weighted by atomic mass is 32.1. The summed E-state index contributed by atoms with van der Waals surface area (Å²) in [6.07, 6.45) is -5.24. The van der Waals surface area contributed by atoms with Gasteiger partial charge >= 0.3 is 12.2 Å². The maximum Gasteiger partial charge on any atom is 0.437 e. The van der Waals surface area contributed by atoms with Gasteiger partial charge in [-0.05, 0) is 23.9 Å². The lowest BCUT2D eigenvalue weighted by molar-refractivity contribution is -0.287. The molecule has 2 heterocycles. The van der Waals surface area contributed by atoms with Crippen molar-refractivity contribution in [2.45, 2.75) is 24.9 Å². The predicted octanol–water partition coefficient (Wildman–Crippen LogP) is 3.16. The van der Waals surface area contributed by atoms with Gasteiger partial charge in [0.1, 0.15) is 5.92 Å². The standard InChI is InChI=1S/C17H15F3N2O3S/c1-9-4-6-10(7-5-9)13-12(14(23)11-3-2-8-26-11)16(25,17(18,19)20)22-15(24)21-13/h2-8,12-13,25H,1H3,(H2,21,22,24)/t12-,13-,16+/m0/s1. The maximum absolute atomic E-state index is 13.7. The van der Waals surface area contributed by atoms with Gasteiger partial charge in [-0.15, -0.1) is 11.3 Å². The monoisotopic (exact) mass is 384 g/mol. The average molecular weight is 384 g/mol. The summed E-state index contributed by atoms with van der Waals surface area (Å²) in [6, 6.07) is 6.73. The van der Waals surface area contributed by atoms with Crippen LogP contribution in [0.1, 0.15) is 26.8 Å². The molecular formula is C17H15F3N2O3S. The Hall–Kier alpha value is -2.39. The zero-order chi connectivity index (χ0) is 19.1. The van der Waals surface area contributed by atoms with Gasteiger partial charge < -0.3 is 15.7 Å². The number of aryl methyl sites for hydroxylation is 1. The van der Waals surface area contributed by atoms with Crippen LogP contribution in [0.5, 0.6) is 0 Å². The molecule has 0 saturated carbocycles. The number of benzene rings is 1. The van der Waals surface area contributed by atoms with Crippen LogP contribution >= 0.6 is 11.3 Å². The molecule has 3 N–H and O–H groups in total. The van der Waals surface area contributed by atoms with Crippen LogP contribution in [-0.2, 0) is 0 Å². The molecule has 9 heteroatoms. The highest BCUT2D eigenvalue weighted by Gasteiger charge is 2.66. The van der Waals surface area contributed by atoms with Gasteiger partial charge in [0.25, 0.3) is 0 Å². The molecule has 0 spiro atoms. The van der Waals surface area contributed by atoms with Crippen molar-refractivity contribution in [3.8, 4) is 0 Å². The van der Waals surface area contributed by atoms with Crippen LogP contribution in [0, 0.1) is 12.8 Å². The Morgan fingerprint density at radius 3 is 2.42 bits per heavy atom. The van der Waals surface area contributed by atoms with Gasteiger partial charge in [0.2, 0.25) is 5.72 Å². The Morgan fingerprint density at radius 1 is 1.23 bits per heavy atom. The number of aliphatic hydroxyl groups is 1. The zero-order valence-corrected chi connectivity index (χ0v) is 14.3. The largest absolute Gasteiger partial charge is 0.437 e. The summed E-state index contributed by atoms with van der Waals surface area (Å²) in [4.78, 5) is 24.7. The van der Waals surface area contributed by atoms with E-state index in [0.29, 0.717) is 5.56 Å². The van der Waals surface area contributed by atoms with E-state index in [1.54, 1.807) is 24.4 Å². The van der Waals surface area contributed by atoms with Crippen LogP contribution in [0.15, 0.2) is 41.8 Å². The van der Waals surface area contributed by atoms with E-state index in [1.165, 1.54) is 29.6 Å². The minimum absolute atomic E-state index is 0.0627. The molecule has 2 aromatic rings. The number of Topliss-reactive ketones (excluding diaryl/α,β-unsaturated/α-hetero) is 1. The van der Waals surface area contributed by atoms with E-state index in [-0.39, 0.29) is 4.88 Å². The summed E-state index contributed by atoms with van der Waals surface area (Å²) in [7, 11) is 0. The number of alkyl halides is 3. The molecule has 0 unspecified atom stereocenters. The molecule has 138 valence electrons. The van der Waals surface area contributed by atoms with Crippen LogP contribution in [0.2, 0.25) is 0 Å². The molecule has 1 aliphatic rings. The first-order chi connectivity index (χ1) is 12.1. The molecule has 3 atom stereocenters. The van der Waals surface area contributed by atoms with Crippen LogP contribution < -0.4 is 10.6 Å². The van der Waals surface area contributed by atoms with E-state index >= 15 is 0 Å². The lowest BCUT2D eigenvalue weighted by atomic mass is 9.78. The van der Waals surface area contributed by atoms with E-state index < -0.39 is 35.7 Å². The molecule has 3 rings (SSSR count). The summed E-state index contributed by atoms with van der Waals surface area (Å²) in [5.41, 5.74) is -2.53. The normalized spacial score (nSPS) is 26.1. The van der Waals surface area contributed by atoms with E-state index in [4.69, 9.17) is 0 Å². The highest BCUT2D eigenvalue weighted by Crippen LogP contribution is 2.44. The van der Waals surface area contributed by atoms with Crippen molar-refractivity contribution in [1.82, 2.24) is 10.6 Å². The second-order valence-electron chi connectivity index (χ2n) is 6.07. The number of hydrogen-bond donors (Lipinski definition) is 3. The Balaban J connectivity index is 2.14. The molecule has 0 aliphatic carbocycles. The number of hydrogen-bond acceptors (Lipinski definition) is 4. The number of halogens is 3. The number of rotatable bonds is 3. The Kier molecular flexibility index (Phi) is 4.53. The van der Waals surface area contributed by atoms with Crippen molar-refractivity contribution < 1.29 is 27.9 Å². The minimum atomic E-state index is -5.24. The molecule has 2 amide bonds. The smallest absolute Gasteiger partial charge is 0.363 e. The van der Waals surface area contributed by atoms with Crippen LogP contribution in [0.4, 0.5) is 18.0 Å². The van der Waals surface area contributed by atoms with E-state index in [9.17, 15) is 27.9 Å². The van der Waals surface area contributed by atoms with Gasteiger partial charge in [-0.2, -0.15) is 13.2 Å². The van der Waals surface area contributed by atoms with Crippen molar-refractivity contribution in [3.05, 3.63) is 57.8 Å². The first-order valence-corrected chi connectivity index (χ1v) is 8.53. The molecule has 26 heavy (non-hydrogen) atoms. The van der Waals surface area contributed by atoms with E-state index in [0.717, 1.165) is 16.9 Å². The number of carbonyl (C=O) groups is 2. The fourth-order valence-corrected chi connectivity index (χ4v) is 3.67. The van der Waals surface area contributed by atoms with Crippen molar-refractivity contribution in [3.63, 3.8) is 0 Å². The lowest BCUT2D eigenvalue weighted by Gasteiger charge is -2.44. The molecule has 1 saturated heterocycles. The fourth-order valence-electron chi connectivity index (χ4n) is 2.96. The molecule has 0 bridgehead atoms. The Morgan fingerprint density at radius 2 is 1.88 bits per heavy atom. The summed E-state index contributed by atoms with van der Waals surface area (Å²) in [5.74, 6) is -2.89. The van der Waals surface area contributed by atoms with E-state index in [1.807, 2.05) is 0 Å². The summed E-state index contributed by atoms with van der Waals surface area (Å²) < 4.78 is 41.0. The molecule has 1 aromatic heterocycles. The van der Waals surface area contributed by atoms with Gasteiger partial charge in [-0.3, -0.25) is 4.79 Å². The number of urea groups is 1. The maximum atomic E-state index is 13.7. The topological polar surface area (TPSA) is 78.4 Å². The van der Waals surface area contributed by atoms with E-state index in [2.05, 4.69) is 5.32 Å². The van der Waals surface area contributed by atoms with Gasteiger partial charge in [0, 0.05) is 0 Å². The predicted molar refractivity (Wildman–Crippen MR) is 88.7 cm³/mol. The van der Waals surface area contributed by atoms with Gasteiger partial charge in [0.05, 0.1) is 10.9 Å². The fraction of sp³-hybridized carbons (Fsp3) is 0.294. The van der Waals surface area contributed by atoms with Gasteiger partial charge in [0.15, 0.2) is 5.78 Å².